The minimum absolute atomic E-state index is 0.196. The Labute approximate surface area is 147 Å². The zero-order chi connectivity index (χ0) is 17.2. The first-order chi connectivity index (χ1) is 12.2. The van der Waals surface area contributed by atoms with Crippen LogP contribution in [-0.2, 0) is 17.8 Å². The summed E-state index contributed by atoms with van der Waals surface area (Å²) in [7, 11) is 0. The number of hydrogen-bond donors (Lipinski definition) is 1. The normalized spacial score (nSPS) is 14.0. The van der Waals surface area contributed by atoms with E-state index >= 15 is 0 Å². The molecule has 0 unspecified atom stereocenters. The van der Waals surface area contributed by atoms with Gasteiger partial charge < -0.3 is 9.88 Å². The summed E-state index contributed by atoms with van der Waals surface area (Å²) < 4.78 is 2.27. The maximum Gasteiger partial charge on any atom is 0.223 e. The summed E-state index contributed by atoms with van der Waals surface area (Å²) in [5.41, 5.74) is 4.69. The topological polar surface area (TPSA) is 46.9 Å². The molecule has 1 aliphatic carbocycles. The number of amides is 1. The van der Waals surface area contributed by atoms with Crippen molar-refractivity contribution in [2.45, 2.75) is 32.7 Å². The molecule has 1 N–H and O–H groups in total. The van der Waals surface area contributed by atoms with Gasteiger partial charge in [-0.25, -0.2) is 4.98 Å². The van der Waals surface area contributed by atoms with Gasteiger partial charge in [0.25, 0.3) is 0 Å². The van der Waals surface area contributed by atoms with Gasteiger partial charge in [-0.3, -0.25) is 4.79 Å². The lowest BCUT2D eigenvalue weighted by molar-refractivity contribution is -0.122. The fourth-order valence-electron chi connectivity index (χ4n) is 3.27. The van der Waals surface area contributed by atoms with Crippen LogP contribution in [0.4, 0.5) is 0 Å². The second-order valence-electron chi connectivity index (χ2n) is 6.91. The molecule has 0 saturated heterocycles. The van der Waals surface area contributed by atoms with Gasteiger partial charge in [-0.2, -0.15) is 0 Å². The number of nitrogens with one attached hydrogen (secondary N) is 1. The van der Waals surface area contributed by atoms with Gasteiger partial charge in [0, 0.05) is 25.4 Å². The Morgan fingerprint density at radius 3 is 2.84 bits per heavy atom. The van der Waals surface area contributed by atoms with Crippen molar-refractivity contribution in [2.24, 2.45) is 5.92 Å². The summed E-state index contributed by atoms with van der Waals surface area (Å²) >= 11 is 0. The second kappa shape index (κ2) is 6.71. The summed E-state index contributed by atoms with van der Waals surface area (Å²) in [4.78, 5) is 16.6. The maximum absolute atomic E-state index is 11.8. The summed E-state index contributed by atoms with van der Waals surface area (Å²) in [5.74, 6) is 1.48. The third-order valence-electron chi connectivity index (χ3n) is 4.75. The Hall–Kier alpha value is -2.62. The number of nitrogens with zero attached hydrogens (tertiary/aromatic N) is 2. The van der Waals surface area contributed by atoms with E-state index < -0.39 is 0 Å². The van der Waals surface area contributed by atoms with Crippen LogP contribution in [0.2, 0.25) is 0 Å². The van der Waals surface area contributed by atoms with E-state index in [2.05, 4.69) is 53.2 Å². The van der Waals surface area contributed by atoms with Crippen LogP contribution < -0.4 is 5.32 Å². The lowest BCUT2D eigenvalue weighted by Gasteiger charge is -2.11. The van der Waals surface area contributed by atoms with E-state index in [1.165, 1.54) is 11.1 Å². The van der Waals surface area contributed by atoms with Gasteiger partial charge in [0.15, 0.2) is 0 Å². The van der Waals surface area contributed by atoms with E-state index in [9.17, 15) is 4.79 Å². The van der Waals surface area contributed by atoms with Gasteiger partial charge in [0.05, 0.1) is 11.0 Å². The number of para-hydroxylation sites is 2. The second-order valence-corrected chi connectivity index (χ2v) is 6.91. The van der Waals surface area contributed by atoms with E-state index in [1.54, 1.807) is 0 Å². The number of hydrogen-bond acceptors (Lipinski definition) is 2. The minimum Gasteiger partial charge on any atom is -0.355 e. The molecule has 25 heavy (non-hydrogen) atoms. The zero-order valence-corrected chi connectivity index (χ0v) is 14.5. The number of aryl methyl sites for hydroxylation is 1. The fraction of sp³-hybridized carbons (Fsp3) is 0.333. The van der Waals surface area contributed by atoms with Crippen LogP contribution in [0.5, 0.6) is 0 Å². The quantitative estimate of drug-likeness (QED) is 0.751. The lowest BCUT2D eigenvalue weighted by Crippen LogP contribution is -2.27. The number of aromatic nitrogens is 2. The molecule has 1 saturated carbocycles. The average molecular weight is 333 g/mol. The first-order valence-corrected chi connectivity index (χ1v) is 8.98. The summed E-state index contributed by atoms with van der Waals surface area (Å²) in [6.45, 7) is 3.56. The van der Waals surface area contributed by atoms with Crippen LogP contribution in [-0.4, -0.2) is 22.0 Å². The van der Waals surface area contributed by atoms with Gasteiger partial charge in [-0.15, -0.1) is 0 Å². The highest BCUT2D eigenvalue weighted by atomic mass is 16.2. The van der Waals surface area contributed by atoms with Crippen molar-refractivity contribution in [3.63, 3.8) is 0 Å². The van der Waals surface area contributed by atoms with Crippen LogP contribution in [0.3, 0.4) is 0 Å². The molecular weight excluding hydrogens is 310 g/mol. The molecule has 3 aromatic rings. The van der Waals surface area contributed by atoms with Crippen LogP contribution >= 0.6 is 0 Å². The number of imidazole rings is 1. The Kier molecular flexibility index (Phi) is 4.26. The first-order valence-electron chi connectivity index (χ1n) is 8.98. The highest BCUT2D eigenvalue weighted by Crippen LogP contribution is 2.28. The molecule has 0 atom stereocenters. The van der Waals surface area contributed by atoms with E-state index in [0.29, 0.717) is 6.54 Å². The molecule has 1 aliphatic rings. The predicted molar refractivity (Wildman–Crippen MR) is 99.5 cm³/mol. The number of fused-ring (bicyclic) bond motifs is 1. The van der Waals surface area contributed by atoms with Crippen molar-refractivity contribution >= 4 is 16.9 Å². The lowest BCUT2D eigenvalue weighted by atomic mass is 10.1. The Morgan fingerprint density at radius 2 is 2.04 bits per heavy atom. The van der Waals surface area contributed by atoms with Crippen LogP contribution in [0.15, 0.2) is 48.5 Å². The zero-order valence-electron chi connectivity index (χ0n) is 14.5. The number of benzene rings is 2. The predicted octanol–water partition coefficient (Wildman–Crippen LogP) is 3.46. The van der Waals surface area contributed by atoms with E-state index in [4.69, 9.17) is 4.98 Å². The molecule has 4 heteroatoms. The van der Waals surface area contributed by atoms with E-state index in [1.807, 2.05) is 12.1 Å². The average Bonchev–Trinajstić information content (AvgIpc) is 3.40. The smallest absolute Gasteiger partial charge is 0.223 e. The van der Waals surface area contributed by atoms with Gasteiger partial charge in [0.2, 0.25) is 5.91 Å². The summed E-state index contributed by atoms with van der Waals surface area (Å²) in [5, 5.41) is 3.05. The van der Waals surface area contributed by atoms with Crippen molar-refractivity contribution in [3.8, 4) is 0 Å². The van der Waals surface area contributed by atoms with Crippen molar-refractivity contribution in [1.82, 2.24) is 14.9 Å². The molecule has 0 bridgehead atoms. The molecule has 1 fully saturated rings. The highest BCUT2D eigenvalue weighted by Gasteiger charge is 2.29. The molecule has 2 aromatic carbocycles. The van der Waals surface area contributed by atoms with Gasteiger partial charge in [-0.1, -0.05) is 42.0 Å². The minimum atomic E-state index is 0.196. The molecular formula is C21H23N3O. The third kappa shape index (κ3) is 3.58. The summed E-state index contributed by atoms with van der Waals surface area (Å²) in [6, 6.07) is 16.8. The summed E-state index contributed by atoms with van der Waals surface area (Å²) in [6.07, 6.45) is 2.83. The monoisotopic (exact) mass is 333 g/mol. The standard InChI is InChI=1S/C21H23N3O/c1-15-5-4-6-16(13-15)14-24-19-8-3-2-7-18(19)23-20(24)11-12-22-21(25)17-9-10-17/h2-8,13,17H,9-12,14H2,1H3,(H,22,25). The van der Waals surface area contributed by atoms with Gasteiger partial charge in [-0.05, 0) is 37.5 Å². The molecule has 1 amide bonds. The van der Waals surface area contributed by atoms with Crippen molar-refractivity contribution in [2.75, 3.05) is 6.54 Å². The maximum atomic E-state index is 11.8. The van der Waals surface area contributed by atoms with Crippen molar-refractivity contribution < 1.29 is 4.79 Å². The molecule has 4 nitrogen and oxygen atoms in total. The molecule has 1 heterocycles. The van der Waals surface area contributed by atoms with E-state index in [-0.39, 0.29) is 11.8 Å². The molecule has 0 spiro atoms. The van der Waals surface area contributed by atoms with Crippen LogP contribution in [0, 0.1) is 12.8 Å². The number of rotatable bonds is 6. The number of carbonyl (C=O) groups excluding carboxylic acids is 1. The number of carbonyl (C=O) groups is 1. The Bertz CT molecular complexity index is 908. The molecule has 1 aromatic heterocycles. The van der Waals surface area contributed by atoms with Gasteiger partial charge >= 0.3 is 0 Å². The van der Waals surface area contributed by atoms with Crippen LogP contribution in [0.1, 0.15) is 29.8 Å². The van der Waals surface area contributed by atoms with Crippen molar-refractivity contribution in [1.29, 1.82) is 0 Å². The largest absolute Gasteiger partial charge is 0.355 e. The van der Waals surface area contributed by atoms with Crippen molar-refractivity contribution in [3.05, 3.63) is 65.5 Å². The van der Waals surface area contributed by atoms with E-state index in [0.717, 1.165) is 42.7 Å². The third-order valence-corrected chi connectivity index (χ3v) is 4.75. The molecule has 128 valence electrons. The SMILES string of the molecule is Cc1cccc(Cn2c(CCNC(=O)C3CC3)nc3ccccc32)c1. The van der Waals surface area contributed by atoms with Crippen LogP contribution in [0.25, 0.3) is 11.0 Å². The molecule has 0 aliphatic heterocycles. The Morgan fingerprint density at radius 1 is 1.20 bits per heavy atom. The first kappa shape index (κ1) is 15.9. The molecule has 0 radical (unpaired) electrons. The highest BCUT2D eigenvalue weighted by molar-refractivity contribution is 5.80. The Balaban J connectivity index is 1.57. The van der Waals surface area contributed by atoms with Gasteiger partial charge in [0.1, 0.15) is 5.82 Å². The molecule has 4 rings (SSSR count). The fourth-order valence-corrected chi connectivity index (χ4v) is 3.27.